The Morgan fingerprint density at radius 1 is 1.09 bits per heavy atom. The van der Waals surface area contributed by atoms with Crippen LogP contribution >= 0.6 is 34.8 Å². The first kappa shape index (κ1) is 17.6. The highest BCUT2D eigenvalue weighted by Gasteiger charge is 2.09. The Balaban J connectivity index is 1.92. The predicted octanol–water partition coefficient (Wildman–Crippen LogP) is 4.99. The van der Waals surface area contributed by atoms with Gasteiger partial charge in [0.1, 0.15) is 5.75 Å². The zero-order valence-electron chi connectivity index (χ0n) is 12.1. The van der Waals surface area contributed by atoms with Crippen molar-refractivity contribution >= 4 is 46.5 Å². The van der Waals surface area contributed by atoms with Crippen molar-refractivity contribution in [3.63, 3.8) is 0 Å². The van der Waals surface area contributed by atoms with E-state index in [4.69, 9.17) is 44.4 Å². The summed E-state index contributed by atoms with van der Waals surface area (Å²) in [5.41, 5.74) is 1.16. The molecule has 0 aliphatic heterocycles. The largest absolute Gasteiger partial charge is 0.480 e. The van der Waals surface area contributed by atoms with Crippen molar-refractivity contribution in [1.29, 1.82) is 0 Å². The molecular formula is C16H12Cl3NO3. The quantitative estimate of drug-likeness (QED) is 0.422. The third-order valence-electron chi connectivity index (χ3n) is 2.79. The van der Waals surface area contributed by atoms with Crippen LogP contribution in [0.15, 0.2) is 47.6 Å². The van der Waals surface area contributed by atoms with Gasteiger partial charge in [0.2, 0.25) is 0 Å². The lowest BCUT2D eigenvalue weighted by molar-refractivity contribution is -0.146. The maximum Gasteiger partial charge on any atom is 0.372 e. The molecule has 0 bridgehead atoms. The first-order chi connectivity index (χ1) is 11.0. The van der Waals surface area contributed by atoms with E-state index < -0.39 is 5.97 Å². The van der Waals surface area contributed by atoms with Crippen LogP contribution in [-0.4, -0.2) is 18.3 Å². The van der Waals surface area contributed by atoms with Gasteiger partial charge in [-0.15, -0.1) is 0 Å². The van der Waals surface area contributed by atoms with Gasteiger partial charge in [-0.05, 0) is 31.2 Å². The number of halogens is 3. The van der Waals surface area contributed by atoms with Crippen molar-refractivity contribution in [2.45, 2.75) is 6.92 Å². The van der Waals surface area contributed by atoms with E-state index in [0.29, 0.717) is 32.1 Å². The summed E-state index contributed by atoms with van der Waals surface area (Å²) >= 11 is 17.7. The van der Waals surface area contributed by atoms with Crippen molar-refractivity contribution < 1.29 is 14.4 Å². The second-order valence-electron chi connectivity index (χ2n) is 4.48. The summed E-state index contributed by atoms with van der Waals surface area (Å²) in [6.45, 7) is 1.35. The van der Waals surface area contributed by atoms with E-state index in [0.717, 1.165) is 0 Å². The second kappa shape index (κ2) is 8.20. The maximum atomic E-state index is 11.7. The van der Waals surface area contributed by atoms with Crippen LogP contribution in [0.5, 0.6) is 5.75 Å². The third-order valence-corrected chi connectivity index (χ3v) is 3.65. The van der Waals surface area contributed by atoms with Crippen molar-refractivity contribution in [1.82, 2.24) is 0 Å². The molecule has 120 valence electrons. The van der Waals surface area contributed by atoms with Gasteiger partial charge in [-0.25, -0.2) is 4.79 Å². The van der Waals surface area contributed by atoms with E-state index in [-0.39, 0.29) is 6.61 Å². The highest BCUT2D eigenvalue weighted by atomic mass is 35.5. The molecular weight excluding hydrogens is 361 g/mol. The van der Waals surface area contributed by atoms with Crippen molar-refractivity contribution in [3.05, 3.63) is 63.1 Å². The van der Waals surface area contributed by atoms with E-state index in [1.807, 2.05) is 6.07 Å². The molecule has 0 heterocycles. The lowest BCUT2D eigenvalue weighted by Crippen LogP contribution is -2.13. The number of ether oxygens (including phenoxy) is 1. The van der Waals surface area contributed by atoms with Crippen molar-refractivity contribution in [2.24, 2.45) is 5.16 Å². The van der Waals surface area contributed by atoms with Gasteiger partial charge in [0.25, 0.3) is 0 Å². The van der Waals surface area contributed by atoms with Crippen LogP contribution in [0.4, 0.5) is 0 Å². The summed E-state index contributed by atoms with van der Waals surface area (Å²) in [5, 5.41) is 5.06. The molecule has 0 saturated carbocycles. The van der Waals surface area contributed by atoms with Gasteiger partial charge < -0.3 is 9.57 Å². The summed E-state index contributed by atoms with van der Waals surface area (Å²) in [7, 11) is 0. The molecule has 0 aliphatic carbocycles. The van der Waals surface area contributed by atoms with Gasteiger partial charge in [-0.1, -0.05) is 58.2 Å². The van der Waals surface area contributed by atoms with Crippen LogP contribution in [0.2, 0.25) is 15.1 Å². The molecule has 0 aliphatic rings. The Hall–Kier alpha value is -1.75. The number of rotatable bonds is 5. The van der Waals surface area contributed by atoms with Crippen LogP contribution in [0.1, 0.15) is 12.5 Å². The molecule has 2 rings (SSSR count). The topological polar surface area (TPSA) is 47.9 Å². The zero-order chi connectivity index (χ0) is 16.8. The Labute approximate surface area is 148 Å². The fourth-order valence-electron chi connectivity index (χ4n) is 1.68. The van der Waals surface area contributed by atoms with E-state index >= 15 is 0 Å². The summed E-state index contributed by atoms with van der Waals surface area (Å²) in [6, 6.07) is 11.8. The summed E-state index contributed by atoms with van der Waals surface area (Å²) in [6.07, 6.45) is 0. The number of oxime groups is 1. The fraction of sp³-hybridized carbons (Fsp3) is 0.125. The highest BCUT2D eigenvalue weighted by Crippen LogP contribution is 2.27. The van der Waals surface area contributed by atoms with Gasteiger partial charge in [-0.2, -0.15) is 0 Å². The standard InChI is InChI=1S/C16H12Cl3NO3/c1-10(12-4-2-3-5-13(12)18)20-23-16(21)9-22-15-7-6-11(17)8-14(15)19/h2-8H,9H2,1H3/b20-10+. The average molecular weight is 373 g/mol. The number of hydrogen-bond donors (Lipinski definition) is 0. The first-order valence-corrected chi connectivity index (χ1v) is 7.68. The Kier molecular flexibility index (Phi) is 6.28. The maximum absolute atomic E-state index is 11.7. The zero-order valence-corrected chi connectivity index (χ0v) is 14.3. The lowest BCUT2D eigenvalue weighted by Gasteiger charge is -2.07. The highest BCUT2D eigenvalue weighted by molar-refractivity contribution is 6.35. The van der Waals surface area contributed by atoms with Crippen molar-refractivity contribution in [3.8, 4) is 5.75 Å². The van der Waals surface area contributed by atoms with Gasteiger partial charge >= 0.3 is 5.97 Å². The molecule has 7 heteroatoms. The molecule has 2 aromatic carbocycles. The summed E-state index contributed by atoms with van der Waals surface area (Å²) < 4.78 is 5.25. The van der Waals surface area contributed by atoms with Gasteiger partial charge in [0.05, 0.1) is 10.7 Å². The smallest absolute Gasteiger partial charge is 0.372 e. The summed E-state index contributed by atoms with van der Waals surface area (Å²) in [4.78, 5) is 16.5. The van der Waals surface area contributed by atoms with E-state index in [1.54, 1.807) is 37.3 Å². The molecule has 0 aromatic heterocycles. The van der Waals surface area contributed by atoms with Gasteiger partial charge in [0.15, 0.2) is 6.61 Å². The molecule has 23 heavy (non-hydrogen) atoms. The molecule has 0 atom stereocenters. The predicted molar refractivity (Wildman–Crippen MR) is 91.7 cm³/mol. The van der Waals surface area contributed by atoms with E-state index in [1.165, 1.54) is 6.07 Å². The van der Waals surface area contributed by atoms with Gasteiger partial charge in [0, 0.05) is 15.6 Å². The molecule has 0 N–H and O–H groups in total. The molecule has 4 nitrogen and oxygen atoms in total. The molecule has 0 saturated heterocycles. The van der Waals surface area contributed by atoms with E-state index in [9.17, 15) is 4.79 Å². The second-order valence-corrected chi connectivity index (χ2v) is 5.73. The third kappa shape index (κ3) is 5.13. The number of benzene rings is 2. The Bertz CT molecular complexity index is 747. The lowest BCUT2D eigenvalue weighted by atomic mass is 10.1. The fourth-order valence-corrected chi connectivity index (χ4v) is 2.41. The average Bonchev–Trinajstić information content (AvgIpc) is 2.52. The molecule has 0 radical (unpaired) electrons. The van der Waals surface area contributed by atoms with Crippen LogP contribution in [0.3, 0.4) is 0 Å². The molecule has 0 amide bonds. The normalized spacial score (nSPS) is 11.2. The molecule has 0 fully saturated rings. The minimum atomic E-state index is -0.664. The number of carbonyl (C=O) groups is 1. The Morgan fingerprint density at radius 2 is 1.83 bits per heavy atom. The minimum absolute atomic E-state index is 0.307. The first-order valence-electron chi connectivity index (χ1n) is 6.54. The van der Waals surface area contributed by atoms with Crippen LogP contribution in [0, 0.1) is 0 Å². The monoisotopic (exact) mass is 371 g/mol. The molecule has 2 aromatic rings. The van der Waals surface area contributed by atoms with Crippen LogP contribution in [0.25, 0.3) is 0 Å². The number of hydrogen-bond acceptors (Lipinski definition) is 4. The minimum Gasteiger partial charge on any atom is -0.480 e. The number of nitrogens with zero attached hydrogens (tertiary/aromatic N) is 1. The SMILES string of the molecule is C/C(=N\OC(=O)COc1ccc(Cl)cc1Cl)c1ccccc1Cl. The van der Waals surface area contributed by atoms with Crippen LogP contribution < -0.4 is 4.74 Å². The molecule has 0 unspecified atom stereocenters. The Morgan fingerprint density at radius 3 is 2.52 bits per heavy atom. The van der Waals surface area contributed by atoms with Crippen molar-refractivity contribution in [2.75, 3.05) is 6.61 Å². The van der Waals surface area contributed by atoms with Gasteiger partial charge in [-0.3, -0.25) is 0 Å². The summed E-state index contributed by atoms with van der Waals surface area (Å²) in [5.74, 6) is -0.331. The molecule has 0 spiro atoms. The van der Waals surface area contributed by atoms with E-state index in [2.05, 4.69) is 5.16 Å². The number of carbonyl (C=O) groups excluding carboxylic acids is 1. The van der Waals surface area contributed by atoms with Crippen LogP contribution in [-0.2, 0) is 9.63 Å².